The Morgan fingerprint density at radius 2 is 2.16 bits per heavy atom. The molecule has 1 rings (SSSR count). The molecule has 0 aliphatic carbocycles. The van der Waals surface area contributed by atoms with Gasteiger partial charge in [-0.25, -0.2) is 4.31 Å². The van der Waals surface area contributed by atoms with E-state index in [2.05, 4.69) is 37.7 Å². The summed E-state index contributed by atoms with van der Waals surface area (Å²) in [6.07, 6.45) is 6.87. The fourth-order valence-electron chi connectivity index (χ4n) is 1.69. The average molecular weight is 277 g/mol. The average Bonchev–Trinajstić information content (AvgIpc) is 2.42. The Kier molecular flexibility index (Phi) is 7.38. The molecular weight excluding hydrogens is 254 g/mol. The highest BCUT2D eigenvalue weighted by Crippen LogP contribution is 2.27. The second-order valence-corrected chi connectivity index (χ2v) is 5.09. The van der Waals surface area contributed by atoms with Gasteiger partial charge in [-0.15, -0.1) is 0 Å². The fraction of sp³-hybridized carbons (Fsp3) is 0.375. The molecule has 0 radical (unpaired) electrons. The maximum Gasteiger partial charge on any atom is 0.146 e. The predicted molar refractivity (Wildman–Crippen MR) is 86.2 cm³/mol. The summed E-state index contributed by atoms with van der Waals surface area (Å²) in [5, 5.41) is 0. The molecule has 2 nitrogen and oxygen atoms in total. The first-order valence-corrected chi connectivity index (χ1v) is 7.41. The second-order valence-electron chi connectivity index (χ2n) is 4.26. The van der Waals surface area contributed by atoms with Crippen molar-refractivity contribution in [3.8, 4) is 5.75 Å². The Hall–Kier alpha value is -1.19. The second kappa shape index (κ2) is 8.83. The smallest absolute Gasteiger partial charge is 0.146 e. The van der Waals surface area contributed by atoms with Crippen LogP contribution in [0.15, 0.2) is 36.9 Å². The van der Waals surface area contributed by atoms with E-state index in [4.69, 9.17) is 4.18 Å². The van der Waals surface area contributed by atoms with E-state index in [9.17, 15) is 0 Å². The summed E-state index contributed by atoms with van der Waals surface area (Å²) >= 11 is 1.43. The predicted octanol–water partition coefficient (Wildman–Crippen LogP) is 4.87. The van der Waals surface area contributed by atoms with Crippen molar-refractivity contribution in [3.05, 3.63) is 48.1 Å². The summed E-state index contributed by atoms with van der Waals surface area (Å²) in [6.45, 7) is 12.1. The van der Waals surface area contributed by atoms with Gasteiger partial charge < -0.3 is 4.18 Å². The molecule has 0 fully saturated rings. The van der Waals surface area contributed by atoms with Crippen molar-refractivity contribution in [1.82, 2.24) is 4.31 Å². The van der Waals surface area contributed by atoms with Crippen molar-refractivity contribution in [2.75, 3.05) is 13.1 Å². The molecule has 0 amide bonds. The minimum absolute atomic E-state index is 0.901. The number of hydrogen-bond acceptors (Lipinski definition) is 3. The zero-order chi connectivity index (χ0) is 14.1. The van der Waals surface area contributed by atoms with Crippen molar-refractivity contribution in [2.45, 2.75) is 27.2 Å². The normalized spacial score (nSPS) is 11.2. The van der Waals surface area contributed by atoms with E-state index in [-0.39, 0.29) is 0 Å². The van der Waals surface area contributed by atoms with E-state index in [1.807, 2.05) is 24.3 Å². The number of rotatable bonds is 8. The van der Waals surface area contributed by atoms with E-state index in [1.165, 1.54) is 17.8 Å². The van der Waals surface area contributed by atoms with E-state index in [0.717, 1.165) is 30.8 Å². The lowest BCUT2D eigenvalue weighted by Crippen LogP contribution is -2.17. The van der Waals surface area contributed by atoms with Gasteiger partial charge in [0.15, 0.2) is 0 Å². The number of aryl methyl sites for hydroxylation is 1. The van der Waals surface area contributed by atoms with Crippen molar-refractivity contribution < 1.29 is 4.18 Å². The van der Waals surface area contributed by atoms with Gasteiger partial charge in [-0.1, -0.05) is 50.8 Å². The van der Waals surface area contributed by atoms with Crippen molar-refractivity contribution in [3.63, 3.8) is 0 Å². The Balaban J connectivity index is 2.79. The standard InChI is InChI=1S/C16H23NOS/c1-5-8-11-15-14(4)10-9-12-16(15)18-19-17(7-3)13-6-2/h5,8-12H,1,6-7,13H2,2-4H3/b11-8-. The maximum atomic E-state index is 5.88. The van der Waals surface area contributed by atoms with Crippen LogP contribution in [0.5, 0.6) is 5.75 Å². The van der Waals surface area contributed by atoms with Gasteiger partial charge in [-0.3, -0.25) is 0 Å². The molecular formula is C16H23NOS. The molecule has 104 valence electrons. The van der Waals surface area contributed by atoms with Crippen LogP contribution in [0.3, 0.4) is 0 Å². The molecule has 0 heterocycles. The molecule has 0 saturated heterocycles. The summed E-state index contributed by atoms with van der Waals surface area (Å²) < 4.78 is 8.09. The first-order valence-electron chi connectivity index (χ1n) is 6.71. The highest BCUT2D eigenvalue weighted by Gasteiger charge is 2.08. The maximum absolute atomic E-state index is 5.88. The highest BCUT2D eigenvalue weighted by molar-refractivity contribution is 7.92. The van der Waals surface area contributed by atoms with Crippen LogP contribution in [0, 0.1) is 6.92 Å². The topological polar surface area (TPSA) is 12.5 Å². The van der Waals surface area contributed by atoms with Gasteiger partial charge in [0.05, 0.1) is 0 Å². The summed E-state index contributed by atoms with van der Waals surface area (Å²) in [6, 6.07) is 6.11. The fourth-order valence-corrected chi connectivity index (χ4v) is 2.39. The van der Waals surface area contributed by atoms with Crippen LogP contribution in [-0.2, 0) is 0 Å². The molecule has 0 atom stereocenters. The van der Waals surface area contributed by atoms with Crippen LogP contribution in [0.1, 0.15) is 31.4 Å². The summed E-state index contributed by atoms with van der Waals surface area (Å²) in [5.74, 6) is 0.901. The van der Waals surface area contributed by atoms with Gasteiger partial charge >= 0.3 is 0 Å². The zero-order valence-corrected chi connectivity index (χ0v) is 12.9. The number of hydrogen-bond donors (Lipinski definition) is 0. The minimum Gasteiger partial charge on any atom is -0.409 e. The molecule has 0 spiro atoms. The van der Waals surface area contributed by atoms with Gasteiger partial charge in [-0.2, -0.15) is 0 Å². The number of allylic oxidation sites excluding steroid dienone is 2. The quantitative estimate of drug-likeness (QED) is 0.382. The van der Waals surface area contributed by atoms with Crippen LogP contribution >= 0.6 is 12.2 Å². The van der Waals surface area contributed by atoms with E-state index >= 15 is 0 Å². The molecule has 0 aromatic heterocycles. The lowest BCUT2D eigenvalue weighted by atomic mass is 10.1. The van der Waals surface area contributed by atoms with Crippen molar-refractivity contribution in [1.29, 1.82) is 0 Å². The Morgan fingerprint density at radius 3 is 2.79 bits per heavy atom. The molecule has 0 bridgehead atoms. The third-order valence-electron chi connectivity index (χ3n) is 2.74. The Morgan fingerprint density at radius 1 is 1.37 bits per heavy atom. The van der Waals surface area contributed by atoms with Crippen LogP contribution in [0.25, 0.3) is 6.08 Å². The van der Waals surface area contributed by atoms with Crippen molar-refractivity contribution >= 4 is 18.3 Å². The zero-order valence-electron chi connectivity index (χ0n) is 12.1. The third-order valence-corrected chi connectivity index (χ3v) is 3.65. The van der Waals surface area contributed by atoms with E-state index in [1.54, 1.807) is 6.08 Å². The van der Waals surface area contributed by atoms with Gasteiger partial charge in [0.25, 0.3) is 0 Å². The Labute approximate surface area is 121 Å². The lowest BCUT2D eigenvalue weighted by Gasteiger charge is -2.18. The lowest BCUT2D eigenvalue weighted by molar-refractivity contribution is 0.458. The largest absolute Gasteiger partial charge is 0.409 e. The minimum atomic E-state index is 0.901. The molecule has 0 N–H and O–H groups in total. The molecule has 3 heteroatoms. The molecule has 0 aliphatic rings. The highest BCUT2D eigenvalue weighted by atomic mass is 32.2. The monoisotopic (exact) mass is 277 g/mol. The summed E-state index contributed by atoms with van der Waals surface area (Å²) in [7, 11) is 0. The van der Waals surface area contributed by atoms with Gasteiger partial charge in [0.1, 0.15) is 18.0 Å². The number of nitrogens with zero attached hydrogens (tertiary/aromatic N) is 1. The molecule has 0 aliphatic heterocycles. The third kappa shape index (κ3) is 5.13. The number of benzene rings is 1. The summed E-state index contributed by atoms with van der Waals surface area (Å²) in [5.41, 5.74) is 2.32. The molecule has 19 heavy (non-hydrogen) atoms. The van der Waals surface area contributed by atoms with Gasteiger partial charge in [0, 0.05) is 18.7 Å². The van der Waals surface area contributed by atoms with Crippen LogP contribution < -0.4 is 4.18 Å². The first kappa shape index (κ1) is 15.9. The van der Waals surface area contributed by atoms with Crippen LogP contribution in [0.4, 0.5) is 0 Å². The Bertz CT molecular complexity index is 429. The van der Waals surface area contributed by atoms with Gasteiger partial charge in [0.2, 0.25) is 0 Å². The molecule has 0 unspecified atom stereocenters. The van der Waals surface area contributed by atoms with Crippen molar-refractivity contribution in [2.24, 2.45) is 0 Å². The van der Waals surface area contributed by atoms with Crippen LogP contribution in [-0.4, -0.2) is 17.4 Å². The molecule has 1 aromatic rings. The van der Waals surface area contributed by atoms with Gasteiger partial charge in [-0.05, 0) is 25.0 Å². The summed E-state index contributed by atoms with van der Waals surface area (Å²) in [4.78, 5) is 0. The molecule has 0 saturated carbocycles. The molecule has 1 aromatic carbocycles. The first-order chi connectivity index (χ1) is 9.22. The van der Waals surface area contributed by atoms with Crippen LogP contribution in [0.2, 0.25) is 0 Å². The van der Waals surface area contributed by atoms with E-state index < -0.39 is 0 Å². The SMILES string of the molecule is C=C/C=C\c1c(C)cccc1OSN(CC)CCC. The van der Waals surface area contributed by atoms with E-state index in [0.29, 0.717) is 0 Å².